The Kier molecular flexibility index (Phi) is 6.79. The van der Waals surface area contributed by atoms with E-state index in [2.05, 4.69) is 15.9 Å². The molecule has 0 atom stereocenters. The summed E-state index contributed by atoms with van der Waals surface area (Å²) in [5, 5.41) is 0.613. The van der Waals surface area contributed by atoms with Crippen molar-refractivity contribution in [2.24, 2.45) is 0 Å². The van der Waals surface area contributed by atoms with Crippen molar-refractivity contribution in [3.8, 4) is 0 Å². The largest absolute Gasteiger partial charge is 0.383 e. The van der Waals surface area contributed by atoms with Crippen molar-refractivity contribution in [1.82, 2.24) is 4.31 Å². The molecule has 1 aromatic rings. The van der Waals surface area contributed by atoms with Gasteiger partial charge in [0.25, 0.3) is 10.0 Å². The van der Waals surface area contributed by atoms with Crippen LogP contribution in [0.15, 0.2) is 16.3 Å². The molecule has 0 aliphatic heterocycles. The highest BCUT2D eigenvalue weighted by molar-refractivity contribution is 9.09. The van der Waals surface area contributed by atoms with Crippen molar-refractivity contribution in [2.75, 3.05) is 32.1 Å². The van der Waals surface area contributed by atoms with E-state index >= 15 is 0 Å². The van der Waals surface area contributed by atoms with Crippen molar-refractivity contribution in [1.29, 1.82) is 0 Å². The van der Waals surface area contributed by atoms with Crippen LogP contribution < -0.4 is 0 Å². The summed E-state index contributed by atoms with van der Waals surface area (Å²) in [4.78, 5) is 1.08. The second-order valence-electron chi connectivity index (χ2n) is 3.66. The molecule has 0 saturated heterocycles. The SMILES string of the molecule is CCc1ccc(S(=O)(=O)N(CCBr)CCOC)s1. The predicted molar refractivity (Wildman–Crippen MR) is 78.1 cm³/mol. The monoisotopic (exact) mass is 355 g/mol. The van der Waals surface area contributed by atoms with Gasteiger partial charge in [-0.05, 0) is 18.6 Å². The summed E-state index contributed by atoms with van der Waals surface area (Å²) in [5.41, 5.74) is 0. The molecule has 0 bridgehead atoms. The molecule has 0 fully saturated rings. The van der Waals surface area contributed by atoms with Gasteiger partial charge in [-0.3, -0.25) is 0 Å². The summed E-state index contributed by atoms with van der Waals surface area (Å²) in [7, 11) is -1.81. The summed E-state index contributed by atoms with van der Waals surface area (Å²) in [6.07, 6.45) is 0.858. The Hall–Kier alpha value is 0.0500. The minimum absolute atomic E-state index is 0.379. The van der Waals surface area contributed by atoms with Crippen molar-refractivity contribution < 1.29 is 13.2 Å². The van der Waals surface area contributed by atoms with E-state index in [-0.39, 0.29) is 0 Å². The van der Waals surface area contributed by atoms with E-state index in [0.717, 1.165) is 11.3 Å². The van der Waals surface area contributed by atoms with Gasteiger partial charge in [0.15, 0.2) is 0 Å². The third kappa shape index (κ3) is 4.03. The van der Waals surface area contributed by atoms with Crippen LogP contribution in [0.2, 0.25) is 0 Å². The summed E-state index contributed by atoms with van der Waals surface area (Å²) >= 11 is 4.62. The van der Waals surface area contributed by atoms with Gasteiger partial charge in [-0.1, -0.05) is 22.9 Å². The Morgan fingerprint density at radius 1 is 1.39 bits per heavy atom. The summed E-state index contributed by atoms with van der Waals surface area (Å²) in [6.45, 7) is 3.25. The Balaban J connectivity index is 2.92. The lowest BCUT2D eigenvalue weighted by atomic mass is 10.4. The van der Waals surface area contributed by atoms with Gasteiger partial charge in [0.05, 0.1) is 6.61 Å². The predicted octanol–water partition coefficient (Wildman–Crippen LogP) is 2.34. The molecular formula is C11H18BrNO3S2. The zero-order valence-electron chi connectivity index (χ0n) is 10.6. The van der Waals surface area contributed by atoms with Gasteiger partial charge < -0.3 is 4.74 Å². The maximum absolute atomic E-state index is 12.4. The lowest BCUT2D eigenvalue weighted by molar-refractivity contribution is 0.181. The van der Waals surface area contributed by atoms with E-state index in [0.29, 0.717) is 29.2 Å². The van der Waals surface area contributed by atoms with Crippen LogP contribution in [0.1, 0.15) is 11.8 Å². The van der Waals surface area contributed by atoms with Crippen LogP contribution in [0, 0.1) is 0 Å². The van der Waals surface area contributed by atoms with E-state index in [1.165, 1.54) is 15.6 Å². The van der Waals surface area contributed by atoms with Crippen LogP contribution >= 0.6 is 27.3 Å². The molecule has 0 spiro atoms. The Morgan fingerprint density at radius 2 is 2.11 bits per heavy atom. The molecular weight excluding hydrogens is 338 g/mol. The second-order valence-corrected chi connectivity index (χ2v) is 7.79. The Morgan fingerprint density at radius 3 is 2.61 bits per heavy atom. The summed E-state index contributed by atoms with van der Waals surface area (Å²) < 4.78 is 31.7. The number of halogens is 1. The molecule has 1 heterocycles. The third-order valence-electron chi connectivity index (χ3n) is 2.46. The van der Waals surface area contributed by atoms with E-state index in [1.807, 2.05) is 13.0 Å². The van der Waals surface area contributed by atoms with Crippen LogP contribution in [-0.2, 0) is 21.2 Å². The number of sulfonamides is 1. The second kappa shape index (κ2) is 7.59. The van der Waals surface area contributed by atoms with Gasteiger partial charge in [-0.15, -0.1) is 11.3 Å². The Bertz CT molecular complexity index is 459. The fourth-order valence-corrected chi connectivity index (χ4v) is 4.99. The highest BCUT2D eigenvalue weighted by Crippen LogP contribution is 2.25. The maximum atomic E-state index is 12.4. The van der Waals surface area contributed by atoms with E-state index < -0.39 is 10.0 Å². The van der Waals surface area contributed by atoms with Gasteiger partial charge in [0.2, 0.25) is 0 Å². The van der Waals surface area contributed by atoms with Crippen molar-refractivity contribution in [2.45, 2.75) is 17.6 Å². The number of hydrogen-bond donors (Lipinski definition) is 0. The summed E-state index contributed by atoms with van der Waals surface area (Å²) in [6, 6.07) is 3.56. The van der Waals surface area contributed by atoms with Crippen LogP contribution in [0.3, 0.4) is 0 Å². The minimum Gasteiger partial charge on any atom is -0.383 e. The maximum Gasteiger partial charge on any atom is 0.252 e. The number of hydrogen-bond acceptors (Lipinski definition) is 4. The van der Waals surface area contributed by atoms with Crippen LogP contribution in [0.5, 0.6) is 0 Å². The molecule has 0 aliphatic carbocycles. The first-order valence-electron chi connectivity index (χ1n) is 5.70. The molecule has 104 valence electrons. The first kappa shape index (κ1) is 16.1. The highest BCUT2D eigenvalue weighted by atomic mass is 79.9. The van der Waals surface area contributed by atoms with Gasteiger partial charge >= 0.3 is 0 Å². The van der Waals surface area contributed by atoms with Gasteiger partial charge in [0.1, 0.15) is 4.21 Å². The molecule has 0 unspecified atom stereocenters. The molecule has 18 heavy (non-hydrogen) atoms. The van der Waals surface area contributed by atoms with Gasteiger partial charge in [-0.25, -0.2) is 8.42 Å². The molecule has 0 aromatic carbocycles. The highest BCUT2D eigenvalue weighted by Gasteiger charge is 2.25. The molecule has 4 nitrogen and oxygen atoms in total. The first-order chi connectivity index (χ1) is 8.56. The number of nitrogens with zero attached hydrogens (tertiary/aromatic N) is 1. The molecule has 1 rings (SSSR count). The fourth-order valence-electron chi connectivity index (χ4n) is 1.45. The average Bonchev–Trinajstić information content (AvgIpc) is 2.83. The Labute approximate surface area is 121 Å². The van der Waals surface area contributed by atoms with Gasteiger partial charge in [0, 0.05) is 30.4 Å². The fraction of sp³-hybridized carbons (Fsp3) is 0.636. The number of aryl methyl sites for hydroxylation is 1. The minimum atomic E-state index is -3.38. The molecule has 0 N–H and O–H groups in total. The molecule has 0 radical (unpaired) electrons. The molecule has 7 heteroatoms. The number of ether oxygens (including phenoxy) is 1. The van der Waals surface area contributed by atoms with Crippen molar-refractivity contribution >= 4 is 37.3 Å². The van der Waals surface area contributed by atoms with Crippen LogP contribution in [-0.4, -0.2) is 44.9 Å². The number of thiophene rings is 1. The lowest BCUT2D eigenvalue weighted by Gasteiger charge is -2.19. The topological polar surface area (TPSA) is 46.6 Å². The summed E-state index contributed by atoms with van der Waals surface area (Å²) in [5.74, 6) is 0. The van der Waals surface area contributed by atoms with Crippen molar-refractivity contribution in [3.63, 3.8) is 0 Å². The van der Waals surface area contributed by atoms with E-state index in [9.17, 15) is 8.42 Å². The third-order valence-corrected chi connectivity index (χ3v) is 6.41. The molecule has 0 amide bonds. The van der Waals surface area contributed by atoms with Crippen molar-refractivity contribution in [3.05, 3.63) is 17.0 Å². The quantitative estimate of drug-likeness (QED) is 0.672. The molecule has 0 saturated carbocycles. The normalized spacial score (nSPS) is 12.2. The van der Waals surface area contributed by atoms with Crippen LogP contribution in [0.25, 0.3) is 0 Å². The lowest BCUT2D eigenvalue weighted by Crippen LogP contribution is -2.35. The van der Waals surface area contributed by atoms with Crippen LogP contribution in [0.4, 0.5) is 0 Å². The average molecular weight is 356 g/mol. The zero-order valence-corrected chi connectivity index (χ0v) is 13.8. The number of rotatable bonds is 8. The first-order valence-corrected chi connectivity index (χ1v) is 9.07. The van der Waals surface area contributed by atoms with E-state index in [4.69, 9.17) is 4.74 Å². The smallest absolute Gasteiger partial charge is 0.252 e. The molecule has 1 aromatic heterocycles. The molecule has 0 aliphatic rings. The van der Waals surface area contributed by atoms with Gasteiger partial charge in [-0.2, -0.15) is 4.31 Å². The van der Waals surface area contributed by atoms with E-state index in [1.54, 1.807) is 13.2 Å². The zero-order chi connectivity index (χ0) is 13.6. The number of methoxy groups -OCH3 is 1. The number of alkyl halides is 1. The standard InChI is InChI=1S/C11H18BrNO3S2/c1-3-10-4-5-11(17-10)18(14,15)13(7-6-12)8-9-16-2/h4-5H,3,6-9H2,1-2H3.